The quantitative estimate of drug-likeness (QED) is 0.558. The van der Waals surface area contributed by atoms with Crippen LogP contribution in [-0.2, 0) is 14.8 Å². The lowest BCUT2D eigenvalue weighted by atomic mass is 10.1. The monoisotopic (exact) mass is 425 g/mol. The number of aryl methyl sites for hydroxylation is 2. The summed E-state index contributed by atoms with van der Waals surface area (Å²) in [6, 6.07) is 4.53. The number of sulfonamides is 1. The molecule has 1 aromatic rings. The lowest BCUT2D eigenvalue weighted by Crippen LogP contribution is -2.45. The summed E-state index contributed by atoms with van der Waals surface area (Å²) < 4.78 is 32.0. The highest BCUT2D eigenvalue weighted by Crippen LogP contribution is 2.29. The van der Waals surface area contributed by atoms with Crippen molar-refractivity contribution in [3.63, 3.8) is 0 Å². The average molecular weight is 426 g/mol. The standard InChI is InChI=1S/C22H39N3O3S/c1-16(2)29(26,27)24-11-9-7-8-10-23-22-17(3)12-21(13-18(22)4)25-14-19(5)28-20(6)15-25/h12-13,16,19-20,23-24H,7-11,14-15H2,1-6H3. The second-order valence-corrected chi connectivity index (χ2v) is 10.9. The molecule has 2 N–H and O–H groups in total. The maximum atomic E-state index is 11.7. The van der Waals surface area contributed by atoms with Crippen molar-refractivity contribution in [2.45, 2.75) is 78.3 Å². The first-order chi connectivity index (χ1) is 13.6. The number of rotatable bonds is 10. The number of hydrogen-bond acceptors (Lipinski definition) is 5. The van der Waals surface area contributed by atoms with Gasteiger partial charge in [0.1, 0.15) is 0 Å². The molecule has 0 bridgehead atoms. The van der Waals surface area contributed by atoms with Gasteiger partial charge in [0.15, 0.2) is 0 Å². The van der Waals surface area contributed by atoms with Gasteiger partial charge in [-0.25, -0.2) is 13.1 Å². The van der Waals surface area contributed by atoms with Crippen LogP contribution in [0.25, 0.3) is 0 Å². The lowest BCUT2D eigenvalue weighted by molar-refractivity contribution is -0.00522. The normalized spacial score (nSPS) is 20.3. The van der Waals surface area contributed by atoms with Crippen molar-refractivity contribution in [1.29, 1.82) is 0 Å². The third-order valence-electron chi connectivity index (χ3n) is 5.38. The van der Waals surface area contributed by atoms with E-state index in [9.17, 15) is 8.42 Å². The van der Waals surface area contributed by atoms with Crippen molar-refractivity contribution in [3.8, 4) is 0 Å². The fourth-order valence-corrected chi connectivity index (χ4v) is 4.57. The molecule has 6 nitrogen and oxygen atoms in total. The second kappa shape index (κ2) is 10.6. The minimum Gasteiger partial charge on any atom is -0.385 e. The maximum Gasteiger partial charge on any atom is 0.213 e. The highest BCUT2D eigenvalue weighted by atomic mass is 32.2. The number of ether oxygens (including phenoxy) is 1. The summed E-state index contributed by atoms with van der Waals surface area (Å²) in [6.45, 7) is 15.2. The third-order valence-corrected chi connectivity index (χ3v) is 7.23. The fourth-order valence-electron chi connectivity index (χ4n) is 3.81. The van der Waals surface area contributed by atoms with Gasteiger partial charge in [-0.3, -0.25) is 0 Å². The second-order valence-electron chi connectivity index (χ2n) is 8.59. The van der Waals surface area contributed by atoms with Crippen molar-refractivity contribution >= 4 is 21.4 Å². The molecule has 0 amide bonds. The third kappa shape index (κ3) is 7.15. The summed E-state index contributed by atoms with van der Waals surface area (Å²) >= 11 is 0. The van der Waals surface area contributed by atoms with E-state index in [0.717, 1.165) is 38.9 Å². The van der Waals surface area contributed by atoms with Gasteiger partial charge in [0.05, 0.1) is 17.5 Å². The molecule has 2 rings (SSSR count). The number of hydrogen-bond donors (Lipinski definition) is 2. The first-order valence-electron chi connectivity index (χ1n) is 10.8. The number of morpholine rings is 1. The molecule has 29 heavy (non-hydrogen) atoms. The van der Waals surface area contributed by atoms with Crippen molar-refractivity contribution in [3.05, 3.63) is 23.3 Å². The summed E-state index contributed by atoms with van der Waals surface area (Å²) in [5.74, 6) is 0. The number of benzene rings is 1. The van der Waals surface area contributed by atoms with Crippen LogP contribution < -0.4 is 14.9 Å². The molecule has 1 fully saturated rings. The van der Waals surface area contributed by atoms with Crippen molar-refractivity contribution < 1.29 is 13.2 Å². The zero-order valence-electron chi connectivity index (χ0n) is 18.9. The Morgan fingerprint density at radius 1 is 1.03 bits per heavy atom. The Kier molecular flexibility index (Phi) is 8.79. The van der Waals surface area contributed by atoms with Crippen LogP contribution in [0.15, 0.2) is 12.1 Å². The zero-order chi connectivity index (χ0) is 21.6. The number of nitrogens with zero attached hydrogens (tertiary/aromatic N) is 1. The average Bonchev–Trinajstić information content (AvgIpc) is 2.61. The largest absolute Gasteiger partial charge is 0.385 e. The van der Waals surface area contributed by atoms with Gasteiger partial charge in [-0.05, 0) is 77.6 Å². The van der Waals surface area contributed by atoms with Crippen molar-refractivity contribution in [2.75, 3.05) is 36.4 Å². The molecular formula is C22H39N3O3S. The molecule has 0 spiro atoms. The molecular weight excluding hydrogens is 386 g/mol. The molecule has 1 saturated heterocycles. The van der Waals surface area contributed by atoms with Crippen LogP contribution in [0, 0.1) is 13.8 Å². The van der Waals surface area contributed by atoms with E-state index in [1.165, 1.54) is 22.5 Å². The van der Waals surface area contributed by atoms with E-state index >= 15 is 0 Å². The van der Waals surface area contributed by atoms with Gasteiger partial charge < -0.3 is 15.0 Å². The van der Waals surface area contributed by atoms with Crippen LogP contribution >= 0.6 is 0 Å². The minimum absolute atomic E-state index is 0.252. The van der Waals surface area contributed by atoms with Crippen LogP contribution in [0.3, 0.4) is 0 Å². The molecule has 0 radical (unpaired) electrons. The van der Waals surface area contributed by atoms with Crippen molar-refractivity contribution in [1.82, 2.24) is 4.72 Å². The van der Waals surface area contributed by atoms with Gasteiger partial charge in [0.2, 0.25) is 10.0 Å². The molecule has 7 heteroatoms. The number of anilines is 2. The van der Waals surface area contributed by atoms with E-state index in [4.69, 9.17) is 4.74 Å². The molecule has 0 aliphatic carbocycles. The molecule has 1 heterocycles. The molecule has 2 atom stereocenters. The summed E-state index contributed by atoms with van der Waals surface area (Å²) in [4.78, 5) is 2.42. The van der Waals surface area contributed by atoms with E-state index in [2.05, 4.69) is 54.8 Å². The molecule has 166 valence electrons. The Balaban J connectivity index is 1.80. The van der Waals surface area contributed by atoms with Gasteiger partial charge in [-0.15, -0.1) is 0 Å². The predicted molar refractivity (Wildman–Crippen MR) is 123 cm³/mol. The zero-order valence-corrected chi connectivity index (χ0v) is 19.7. The van der Waals surface area contributed by atoms with E-state index in [1.54, 1.807) is 13.8 Å². The molecule has 0 saturated carbocycles. The number of nitrogens with one attached hydrogen (secondary N) is 2. The van der Waals surface area contributed by atoms with Crippen LogP contribution in [0.1, 0.15) is 58.1 Å². The highest BCUT2D eigenvalue weighted by molar-refractivity contribution is 7.90. The lowest BCUT2D eigenvalue weighted by Gasteiger charge is -2.37. The van der Waals surface area contributed by atoms with Crippen LogP contribution in [0.4, 0.5) is 11.4 Å². The minimum atomic E-state index is -3.14. The van der Waals surface area contributed by atoms with E-state index in [0.29, 0.717) is 6.54 Å². The Morgan fingerprint density at radius 2 is 1.59 bits per heavy atom. The first-order valence-corrected chi connectivity index (χ1v) is 12.4. The number of unbranched alkanes of at least 4 members (excludes halogenated alkanes) is 2. The van der Waals surface area contributed by atoms with E-state index in [-0.39, 0.29) is 17.5 Å². The Hall–Kier alpha value is -1.31. The molecule has 1 aliphatic heterocycles. The smallest absolute Gasteiger partial charge is 0.213 e. The topological polar surface area (TPSA) is 70.7 Å². The molecule has 1 aliphatic rings. The Bertz CT molecular complexity index is 732. The Labute approximate surface area is 177 Å². The van der Waals surface area contributed by atoms with Crippen LogP contribution in [-0.4, -0.2) is 52.1 Å². The van der Waals surface area contributed by atoms with Crippen LogP contribution in [0.2, 0.25) is 0 Å². The maximum absolute atomic E-state index is 11.7. The summed E-state index contributed by atoms with van der Waals surface area (Å²) in [7, 11) is -3.14. The van der Waals surface area contributed by atoms with Gasteiger partial charge >= 0.3 is 0 Å². The van der Waals surface area contributed by atoms with E-state index < -0.39 is 10.0 Å². The molecule has 1 aromatic carbocycles. The summed E-state index contributed by atoms with van der Waals surface area (Å²) in [5, 5.41) is 3.20. The Morgan fingerprint density at radius 3 is 2.14 bits per heavy atom. The van der Waals surface area contributed by atoms with E-state index in [1.807, 2.05) is 0 Å². The van der Waals surface area contributed by atoms with Crippen LogP contribution in [0.5, 0.6) is 0 Å². The predicted octanol–water partition coefficient (Wildman–Crippen LogP) is 3.83. The highest BCUT2D eigenvalue weighted by Gasteiger charge is 2.23. The molecule has 2 unspecified atom stereocenters. The summed E-state index contributed by atoms with van der Waals surface area (Å²) in [5.41, 5.74) is 5.00. The fraction of sp³-hybridized carbons (Fsp3) is 0.727. The molecule has 0 aromatic heterocycles. The summed E-state index contributed by atoms with van der Waals surface area (Å²) in [6.07, 6.45) is 3.37. The van der Waals surface area contributed by atoms with Gasteiger partial charge in [-0.2, -0.15) is 0 Å². The van der Waals surface area contributed by atoms with Gasteiger partial charge in [0.25, 0.3) is 0 Å². The van der Waals surface area contributed by atoms with Gasteiger partial charge in [0, 0.05) is 37.6 Å². The first kappa shape index (κ1) is 24.0. The SMILES string of the molecule is Cc1cc(N2CC(C)OC(C)C2)cc(C)c1NCCCCCNS(=O)(=O)C(C)C. The van der Waals surface area contributed by atoms with Crippen molar-refractivity contribution in [2.24, 2.45) is 0 Å². The van der Waals surface area contributed by atoms with Gasteiger partial charge in [-0.1, -0.05) is 6.42 Å².